The quantitative estimate of drug-likeness (QED) is 0.145. The molecule has 2 aromatic carbocycles. The second-order valence-electron chi connectivity index (χ2n) is 15.4. The molecule has 0 saturated carbocycles. The Morgan fingerprint density at radius 2 is 1.81 bits per heavy atom. The molecular weight excluding hydrogens is 773 g/mol. The summed E-state index contributed by atoms with van der Waals surface area (Å²) in [6.45, 7) is -0.670. The maximum absolute atomic E-state index is 15.5. The molecule has 57 heavy (non-hydrogen) atoms. The number of hydrogen-bond donors (Lipinski definition) is 9. The molecule has 1 fully saturated rings. The first-order valence-corrected chi connectivity index (χ1v) is 21.4. The number of benzene rings is 2. The molecule has 6 aliphatic rings. The first-order valence-electron chi connectivity index (χ1n) is 19.0. The Balaban J connectivity index is 1.28. The van der Waals surface area contributed by atoms with Gasteiger partial charge in [0.05, 0.1) is 36.4 Å². The lowest BCUT2D eigenvalue weighted by Gasteiger charge is -2.57. The molecule has 2 aromatic rings. The molecule has 3 aliphatic carbocycles. The number of carbonyl (C=O) groups excluding carboxylic acids is 2. The Kier molecular flexibility index (Phi) is 11.0. The van der Waals surface area contributed by atoms with E-state index >= 15 is 4.79 Å². The van der Waals surface area contributed by atoms with E-state index in [0.29, 0.717) is 35.8 Å². The number of hydrogen-bond acceptors (Lipinski definition) is 15. The highest BCUT2D eigenvalue weighted by atomic mass is 33.1. The molecule has 8 rings (SSSR count). The molecule has 0 radical (unpaired) electrons. The van der Waals surface area contributed by atoms with E-state index in [4.69, 9.17) is 9.47 Å². The van der Waals surface area contributed by atoms with Gasteiger partial charge in [-0.25, -0.2) is 0 Å². The van der Waals surface area contributed by atoms with Gasteiger partial charge in [0.1, 0.15) is 40.3 Å². The van der Waals surface area contributed by atoms with Crippen molar-refractivity contribution in [1.29, 1.82) is 0 Å². The fraction of sp³-hybridized carbons (Fsp3) is 0.429. The molecule has 9 atom stereocenters. The van der Waals surface area contributed by atoms with Crippen molar-refractivity contribution in [2.45, 2.75) is 67.2 Å². The fourth-order valence-electron chi connectivity index (χ4n) is 9.20. The van der Waals surface area contributed by atoms with Gasteiger partial charge in [-0.1, -0.05) is 82.3 Å². The topological polar surface area (TPSA) is 218 Å². The Morgan fingerprint density at radius 3 is 2.60 bits per heavy atom. The second-order valence-corrected chi connectivity index (χ2v) is 17.9. The number of aliphatic hydroxyl groups is 7. The fourth-order valence-corrected chi connectivity index (χ4v) is 12.1. The van der Waals surface area contributed by atoms with Crippen molar-refractivity contribution in [2.75, 3.05) is 25.6 Å². The average molecular weight is 819 g/mol. The molecule has 0 aromatic heterocycles. The minimum absolute atomic E-state index is 0.0250. The third kappa shape index (κ3) is 6.57. The monoisotopic (exact) mass is 818 g/mol. The van der Waals surface area contributed by atoms with Gasteiger partial charge in [-0.15, -0.1) is 0 Å². The molecule has 3 heterocycles. The third-order valence-corrected chi connectivity index (χ3v) is 14.8. The number of carbonyl (C=O) groups is 2. The number of rotatable bonds is 7. The van der Waals surface area contributed by atoms with E-state index in [0.717, 1.165) is 11.1 Å². The Hall–Kier alpha value is -3.90. The number of Topliss-reactive ketones (excluding diaryl/α,β-unsaturated/α-hetero) is 2. The zero-order valence-electron chi connectivity index (χ0n) is 30.9. The number of nitrogens with one attached hydrogen (secondary N) is 2. The van der Waals surface area contributed by atoms with E-state index in [1.165, 1.54) is 51.9 Å². The van der Waals surface area contributed by atoms with Gasteiger partial charge in [-0.2, -0.15) is 0 Å². The highest BCUT2D eigenvalue weighted by Gasteiger charge is 2.67. The molecule has 9 N–H and O–H groups in total. The van der Waals surface area contributed by atoms with Crippen LogP contribution in [0.1, 0.15) is 51.1 Å². The minimum Gasteiger partial charge on any atom is -0.511 e. The molecule has 302 valence electrons. The van der Waals surface area contributed by atoms with Gasteiger partial charge >= 0.3 is 0 Å². The van der Waals surface area contributed by atoms with Gasteiger partial charge in [0.25, 0.3) is 0 Å². The number of fused-ring (bicyclic) bond motifs is 3. The lowest BCUT2D eigenvalue weighted by Crippen LogP contribution is -2.76. The summed E-state index contributed by atoms with van der Waals surface area (Å²) < 4.78 is 12.4. The smallest absolute Gasteiger partial charge is 0.230 e. The highest BCUT2D eigenvalue weighted by Crippen LogP contribution is 2.58. The summed E-state index contributed by atoms with van der Waals surface area (Å²) in [6, 6.07) is 11.8. The van der Waals surface area contributed by atoms with Crippen molar-refractivity contribution >= 4 is 33.2 Å². The second kappa shape index (κ2) is 15.7. The van der Waals surface area contributed by atoms with Gasteiger partial charge in [0, 0.05) is 29.9 Å². The van der Waals surface area contributed by atoms with Gasteiger partial charge in [0.15, 0.2) is 11.6 Å². The van der Waals surface area contributed by atoms with Gasteiger partial charge in [0.2, 0.25) is 6.29 Å². The van der Waals surface area contributed by atoms with E-state index in [2.05, 4.69) is 10.6 Å². The van der Waals surface area contributed by atoms with Crippen LogP contribution in [0, 0.1) is 17.3 Å². The highest BCUT2D eigenvalue weighted by molar-refractivity contribution is 8.76. The summed E-state index contributed by atoms with van der Waals surface area (Å²) in [4.78, 5) is 30.5. The number of allylic oxidation sites excluding steroid dienone is 6. The standard InChI is InChI=1S/C42H46N2O11S2/c45-13-3-8-32-41-29(17-26(18-31(41)48)15-23-4-1-5-25(14-23)20-46)35(49)28-6-2-7-30(34(28)36(41)50)54-38-37(51)42(53)27(9-11-40(21-47,55-38)39(42)52)16-24-10-12-43-33(19-24)44-22-56-57-32/h1-2,4-7,9-11,14,17-19,27,29,32,37-39,43-48,51-53H,3,8,12-13,15-16,20-22H2. The van der Waals surface area contributed by atoms with E-state index in [1.807, 2.05) is 30.4 Å². The van der Waals surface area contributed by atoms with Crippen LogP contribution in [0.15, 0.2) is 102 Å². The van der Waals surface area contributed by atoms with Crippen LogP contribution in [0.25, 0.3) is 0 Å². The Morgan fingerprint density at radius 1 is 1.00 bits per heavy atom. The summed E-state index contributed by atoms with van der Waals surface area (Å²) in [6.07, 6.45) is 5.76. The molecule has 15 heteroatoms. The summed E-state index contributed by atoms with van der Waals surface area (Å²) >= 11 is 0. The lowest BCUT2D eigenvalue weighted by molar-refractivity contribution is -0.349. The molecule has 1 saturated heterocycles. The molecule has 0 amide bonds. The van der Waals surface area contributed by atoms with Crippen LogP contribution < -0.4 is 15.4 Å². The van der Waals surface area contributed by atoms with Crippen molar-refractivity contribution < 1.29 is 54.8 Å². The van der Waals surface area contributed by atoms with E-state index in [9.17, 15) is 40.5 Å². The van der Waals surface area contributed by atoms with Crippen LogP contribution in [0.2, 0.25) is 0 Å². The van der Waals surface area contributed by atoms with Crippen LogP contribution in [-0.2, 0) is 17.8 Å². The minimum atomic E-state index is -2.29. The largest absolute Gasteiger partial charge is 0.511 e. The SMILES string of the molecule is O=C1c2cccc3c2C(=O)C2(C(O)=CC(Cc4cccc(CO)c4)=CC12)C(CCCO)SSCNC1=CC(=CCN1)CC1C=CC2(CO)OC(O3)C(O)C1(O)C2O. The summed E-state index contributed by atoms with van der Waals surface area (Å²) in [5.74, 6) is -2.53. The van der Waals surface area contributed by atoms with Crippen molar-refractivity contribution in [3.63, 3.8) is 0 Å². The summed E-state index contributed by atoms with van der Waals surface area (Å²) in [5.41, 5.74) is -3.19. The number of dihydropyridines is 1. The molecule has 7 bridgehead atoms. The van der Waals surface area contributed by atoms with E-state index < -0.39 is 70.4 Å². The van der Waals surface area contributed by atoms with Crippen molar-refractivity contribution in [2.24, 2.45) is 17.3 Å². The number of aliphatic hydroxyl groups excluding tert-OH is 6. The molecular formula is C42H46N2O11S2. The van der Waals surface area contributed by atoms with E-state index in [1.54, 1.807) is 18.2 Å². The first-order chi connectivity index (χ1) is 27.5. The van der Waals surface area contributed by atoms with E-state index in [-0.39, 0.29) is 55.1 Å². The molecule has 1 spiro atoms. The van der Waals surface area contributed by atoms with Crippen LogP contribution in [0.4, 0.5) is 0 Å². The van der Waals surface area contributed by atoms with Crippen molar-refractivity contribution in [1.82, 2.24) is 10.6 Å². The van der Waals surface area contributed by atoms with Crippen LogP contribution in [0.3, 0.4) is 0 Å². The average Bonchev–Trinajstić information content (AvgIpc) is 3.21. The van der Waals surface area contributed by atoms with Gasteiger partial charge in [-0.05, 0) is 66.2 Å². The Labute approximate surface area is 337 Å². The van der Waals surface area contributed by atoms with Crippen molar-refractivity contribution in [3.8, 4) is 5.75 Å². The zero-order valence-corrected chi connectivity index (χ0v) is 32.5. The summed E-state index contributed by atoms with van der Waals surface area (Å²) in [7, 11) is 2.73. The predicted molar refractivity (Wildman–Crippen MR) is 213 cm³/mol. The molecule has 9 unspecified atom stereocenters. The lowest BCUT2D eigenvalue weighted by atomic mass is 9.57. The summed E-state index contributed by atoms with van der Waals surface area (Å²) in [5, 5.41) is 84.4. The maximum atomic E-state index is 15.5. The first kappa shape index (κ1) is 39.9. The zero-order chi connectivity index (χ0) is 40.1. The van der Waals surface area contributed by atoms with Crippen LogP contribution in [-0.4, -0.2) is 108 Å². The molecule has 13 nitrogen and oxygen atoms in total. The normalized spacial score (nSPS) is 34.6. The Bertz CT molecular complexity index is 2100. The molecule has 3 aliphatic heterocycles. The number of ether oxygens (including phenoxy) is 2. The number of ketones is 2. The maximum Gasteiger partial charge on any atom is 0.230 e. The predicted octanol–water partition coefficient (Wildman–Crippen LogP) is 2.73. The van der Waals surface area contributed by atoms with Gasteiger partial charge < -0.3 is 55.9 Å². The van der Waals surface area contributed by atoms with Crippen LogP contribution >= 0.6 is 21.6 Å². The van der Waals surface area contributed by atoms with Crippen molar-refractivity contribution in [3.05, 3.63) is 124 Å². The van der Waals surface area contributed by atoms with Gasteiger partial charge in [-0.3, -0.25) is 9.59 Å². The third-order valence-electron chi connectivity index (χ3n) is 12.1. The van der Waals surface area contributed by atoms with Crippen LogP contribution in [0.5, 0.6) is 5.75 Å².